The summed E-state index contributed by atoms with van der Waals surface area (Å²) < 4.78 is 5.10. The van der Waals surface area contributed by atoms with Gasteiger partial charge >= 0.3 is 6.03 Å². The lowest BCUT2D eigenvalue weighted by molar-refractivity contribution is -0.118. The van der Waals surface area contributed by atoms with Crippen LogP contribution in [0.1, 0.15) is 13.3 Å². The van der Waals surface area contributed by atoms with Crippen molar-refractivity contribution < 1.29 is 14.3 Å². The number of nitrogens with zero attached hydrogens (tertiary/aromatic N) is 4. The normalized spacial score (nSPS) is 15.8. The minimum Gasteiger partial charge on any atom is -0.468 e. The molecule has 0 atom stereocenters. The van der Waals surface area contributed by atoms with Gasteiger partial charge in [0.2, 0.25) is 5.91 Å². The first kappa shape index (κ1) is 21.6. The number of pyridine rings is 1. The highest BCUT2D eigenvalue weighted by atomic mass is 35.5. The predicted octanol–water partition coefficient (Wildman–Crippen LogP) is 3.12. The fourth-order valence-electron chi connectivity index (χ4n) is 3.59. The van der Waals surface area contributed by atoms with E-state index in [1.54, 1.807) is 17.0 Å². The van der Waals surface area contributed by atoms with Crippen molar-refractivity contribution in [2.24, 2.45) is 4.99 Å². The number of carbonyl (C=O) groups is 2. The Kier molecular flexibility index (Phi) is 6.27. The predicted molar refractivity (Wildman–Crippen MR) is 124 cm³/mol. The largest absolute Gasteiger partial charge is 0.468 e. The molecule has 4 rings (SSSR count). The van der Waals surface area contributed by atoms with Gasteiger partial charge in [-0.1, -0.05) is 23.7 Å². The molecule has 1 aromatic carbocycles. The number of nitrogens with one attached hydrogen (secondary N) is 2. The number of amidine groups is 1. The minimum atomic E-state index is -0.413. The second kappa shape index (κ2) is 9.27. The summed E-state index contributed by atoms with van der Waals surface area (Å²) in [4.78, 5) is 38.0. The van der Waals surface area contributed by atoms with Crippen LogP contribution in [0.15, 0.2) is 53.3 Å². The van der Waals surface area contributed by atoms with Crippen LogP contribution in [0.5, 0.6) is 0 Å². The van der Waals surface area contributed by atoms with Gasteiger partial charge < -0.3 is 9.64 Å². The number of hydrogen-bond donors (Lipinski definition) is 2. The third kappa shape index (κ3) is 4.38. The molecule has 0 saturated carbocycles. The van der Waals surface area contributed by atoms with E-state index in [9.17, 15) is 9.59 Å². The second-order valence-corrected chi connectivity index (χ2v) is 7.55. The average Bonchev–Trinajstić information content (AvgIpc) is 2.94. The number of fused-ring (bicyclic) bond motifs is 1. The molecule has 10 heteroatoms. The fourth-order valence-corrected chi connectivity index (χ4v) is 3.78. The maximum absolute atomic E-state index is 13.2. The summed E-state index contributed by atoms with van der Waals surface area (Å²) in [5.74, 6) is 0.798. The van der Waals surface area contributed by atoms with E-state index in [0.29, 0.717) is 47.2 Å². The number of aliphatic imine (C=N–C) groups is 1. The summed E-state index contributed by atoms with van der Waals surface area (Å²) in [5, 5.41) is 6.31. The van der Waals surface area contributed by atoms with Crippen LogP contribution in [-0.4, -0.2) is 49.7 Å². The van der Waals surface area contributed by atoms with Gasteiger partial charge in [0.1, 0.15) is 5.82 Å². The van der Waals surface area contributed by atoms with Gasteiger partial charge in [0.25, 0.3) is 6.02 Å². The Morgan fingerprint density at radius 2 is 2.16 bits per heavy atom. The number of halogens is 1. The number of hydrogen-bond acceptors (Lipinski definition) is 6. The first-order valence-electron chi connectivity index (χ1n) is 10.2. The van der Waals surface area contributed by atoms with Gasteiger partial charge in [0.15, 0.2) is 5.82 Å². The number of rotatable bonds is 3. The molecule has 0 fully saturated rings. The fraction of sp³-hybridized carbons (Fsp3) is 0.273. The van der Waals surface area contributed by atoms with Crippen molar-refractivity contribution >= 4 is 41.1 Å². The van der Waals surface area contributed by atoms with Crippen molar-refractivity contribution in [3.05, 3.63) is 53.3 Å². The molecule has 2 aliphatic heterocycles. The van der Waals surface area contributed by atoms with Crippen molar-refractivity contribution in [1.29, 1.82) is 0 Å². The molecule has 0 aliphatic carbocycles. The average molecular weight is 455 g/mol. The summed E-state index contributed by atoms with van der Waals surface area (Å²) in [5.41, 5.74) is 2.05. The Labute approximate surface area is 190 Å². The first-order valence-corrected chi connectivity index (χ1v) is 10.6. The zero-order valence-electron chi connectivity index (χ0n) is 17.8. The topological polar surface area (TPSA) is 99.2 Å². The van der Waals surface area contributed by atoms with Crippen LogP contribution in [0.2, 0.25) is 5.02 Å². The van der Waals surface area contributed by atoms with Crippen molar-refractivity contribution in [1.82, 2.24) is 15.6 Å². The molecule has 9 nitrogen and oxygen atoms in total. The highest BCUT2D eigenvalue weighted by molar-refractivity contribution is 6.30. The van der Waals surface area contributed by atoms with E-state index < -0.39 is 6.03 Å². The Balaban J connectivity index is 1.70. The Bertz CT molecular complexity index is 1120. The third-order valence-corrected chi connectivity index (χ3v) is 5.38. The molecule has 1 aromatic heterocycles. The lowest BCUT2D eigenvalue weighted by atomic mass is 10.1. The van der Waals surface area contributed by atoms with Crippen LogP contribution in [-0.2, 0) is 9.53 Å². The van der Waals surface area contributed by atoms with Crippen LogP contribution in [0.3, 0.4) is 0 Å². The standard InChI is InChI=1S/C22H23ClN6O3/c1-3-28-17-8-7-16(14-5-4-6-15(23)13-14)25-20(17)29(12-10-19(28)30)22(31)27-18-9-11-24-21(26-18)32-2/h4-9,13H,3,10-12H2,1-2H3,(H,24,26)(H,27,31). The summed E-state index contributed by atoms with van der Waals surface area (Å²) in [6.07, 6.45) is 1.92. The van der Waals surface area contributed by atoms with Gasteiger partial charge in [-0.25, -0.2) is 14.8 Å². The smallest absolute Gasteiger partial charge is 0.328 e. The molecule has 0 bridgehead atoms. The van der Waals surface area contributed by atoms with Gasteiger partial charge in [0, 0.05) is 30.1 Å². The summed E-state index contributed by atoms with van der Waals surface area (Å²) in [7, 11) is 1.49. The van der Waals surface area contributed by atoms with Crippen molar-refractivity contribution in [3.8, 4) is 11.3 Å². The molecule has 3 heterocycles. The molecule has 0 unspecified atom stereocenters. The summed E-state index contributed by atoms with van der Waals surface area (Å²) in [6.45, 7) is 2.94. The van der Waals surface area contributed by atoms with Gasteiger partial charge in [-0.15, -0.1) is 0 Å². The van der Waals surface area contributed by atoms with Crippen LogP contribution >= 0.6 is 11.6 Å². The van der Waals surface area contributed by atoms with Gasteiger partial charge in [0.05, 0.1) is 25.0 Å². The van der Waals surface area contributed by atoms with Gasteiger partial charge in [-0.2, -0.15) is 0 Å². The summed E-state index contributed by atoms with van der Waals surface area (Å²) in [6, 6.07) is 10.9. The third-order valence-electron chi connectivity index (χ3n) is 5.14. The molecule has 32 heavy (non-hydrogen) atoms. The van der Waals surface area contributed by atoms with Gasteiger partial charge in [-0.05, 0) is 37.3 Å². The number of benzene rings is 1. The molecule has 0 spiro atoms. The van der Waals surface area contributed by atoms with Crippen molar-refractivity contribution in [2.45, 2.75) is 13.3 Å². The van der Waals surface area contributed by atoms with Crippen LogP contribution in [0.25, 0.3) is 11.3 Å². The molecule has 166 valence electrons. The number of urea groups is 1. The minimum absolute atomic E-state index is 0.0647. The molecule has 2 aromatic rings. The second-order valence-electron chi connectivity index (χ2n) is 7.11. The first-order chi connectivity index (χ1) is 15.5. The summed E-state index contributed by atoms with van der Waals surface area (Å²) >= 11 is 6.15. The highest BCUT2D eigenvalue weighted by Crippen LogP contribution is 2.34. The number of carbonyl (C=O) groups excluding carboxylic acids is 2. The van der Waals surface area contributed by atoms with E-state index >= 15 is 0 Å². The molecule has 2 N–H and O–H groups in total. The van der Waals surface area contributed by atoms with Crippen LogP contribution in [0.4, 0.5) is 16.3 Å². The molecule has 2 aliphatic rings. The number of methoxy groups -OCH3 is 1. The van der Waals surface area contributed by atoms with E-state index in [2.05, 4.69) is 15.6 Å². The van der Waals surface area contributed by atoms with Gasteiger partial charge in [-0.3, -0.25) is 20.3 Å². The van der Waals surface area contributed by atoms with Crippen LogP contribution < -0.4 is 20.4 Å². The van der Waals surface area contributed by atoms with E-state index in [4.69, 9.17) is 21.3 Å². The molecule has 0 saturated heterocycles. The van der Waals surface area contributed by atoms with Crippen LogP contribution in [0, 0.1) is 0 Å². The quantitative estimate of drug-likeness (QED) is 0.742. The highest BCUT2D eigenvalue weighted by Gasteiger charge is 2.31. The van der Waals surface area contributed by atoms with E-state index in [0.717, 1.165) is 5.56 Å². The maximum Gasteiger partial charge on any atom is 0.328 e. The Morgan fingerprint density at radius 3 is 2.91 bits per heavy atom. The van der Waals surface area contributed by atoms with Crippen molar-refractivity contribution in [2.75, 3.05) is 36.5 Å². The maximum atomic E-state index is 13.2. The van der Waals surface area contributed by atoms with Crippen molar-refractivity contribution in [3.63, 3.8) is 0 Å². The zero-order chi connectivity index (χ0) is 22.7. The zero-order valence-corrected chi connectivity index (χ0v) is 18.5. The number of ether oxygens (including phenoxy) is 1. The number of aromatic nitrogens is 1. The number of amides is 3. The number of anilines is 2. The van der Waals surface area contributed by atoms with E-state index in [1.807, 2.05) is 37.3 Å². The Morgan fingerprint density at radius 1 is 1.31 bits per heavy atom. The lowest BCUT2D eigenvalue weighted by Gasteiger charge is -2.25. The molecule has 3 amide bonds. The van der Waals surface area contributed by atoms with E-state index in [1.165, 1.54) is 12.0 Å². The monoisotopic (exact) mass is 454 g/mol. The molecular formula is C22H23ClN6O3. The molecule has 0 radical (unpaired) electrons. The lowest BCUT2D eigenvalue weighted by Crippen LogP contribution is -2.45. The SMILES string of the molecule is CCN1C(=O)CCN(C(=O)NC2=CCN=C(OC)N2)c2nc(-c3cccc(Cl)c3)ccc21. The van der Waals surface area contributed by atoms with E-state index in [-0.39, 0.29) is 18.9 Å². The Hall–Kier alpha value is -3.59. The molecular weight excluding hydrogens is 432 g/mol.